The Hall–Kier alpha value is -3.22. The lowest BCUT2D eigenvalue weighted by atomic mass is 10.00. The summed E-state index contributed by atoms with van der Waals surface area (Å²) in [6.45, 7) is 1.69. The van der Waals surface area contributed by atoms with Crippen molar-refractivity contribution in [1.82, 2.24) is 4.98 Å². The molecule has 24 heavy (non-hydrogen) atoms. The van der Waals surface area contributed by atoms with Gasteiger partial charge in [-0.25, -0.2) is 4.98 Å². The standard InChI is InChI=1S/C18H11N3O2S/c1-11-14(6-7-23-11)17(22)15(9-20)18-21-16(10-24-18)13-4-2-12(8-19)3-5-13/h2-7,10,15H,1H3/t15-/m1/s1. The normalized spacial score (nSPS) is 11.5. The Bertz CT molecular complexity index is 971. The van der Waals surface area contributed by atoms with E-state index >= 15 is 0 Å². The first-order valence-electron chi connectivity index (χ1n) is 7.08. The van der Waals surface area contributed by atoms with Crippen LogP contribution in [0.25, 0.3) is 11.3 Å². The largest absolute Gasteiger partial charge is 0.469 e. The Balaban J connectivity index is 1.91. The van der Waals surface area contributed by atoms with Crippen LogP contribution < -0.4 is 0 Å². The zero-order valence-corrected chi connectivity index (χ0v) is 13.5. The van der Waals surface area contributed by atoms with Gasteiger partial charge in [-0.3, -0.25) is 4.79 Å². The van der Waals surface area contributed by atoms with Gasteiger partial charge in [-0.2, -0.15) is 10.5 Å². The van der Waals surface area contributed by atoms with Crippen LogP contribution in [0.1, 0.15) is 32.6 Å². The Morgan fingerprint density at radius 3 is 2.58 bits per heavy atom. The Labute approximate surface area is 142 Å². The van der Waals surface area contributed by atoms with Gasteiger partial charge < -0.3 is 4.42 Å². The fraction of sp³-hybridized carbons (Fsp3) is 0.111. The molecule has 3 rings (SSSR count). The zero-order valence-electron chi connectivity index (χ0n) is 12.7. The van der Waals surface area contributed by atoms with E-state index in [0.717, 1.165) is 5.56 Å². The fourth-order valence-corrected chi connectivity index (χ4v) is 3.16. The number of aryl methyl sites for hydroxylation is 1. The van der Waals surface area contributed by atoms with Gasteiger partial charge in [-0.1, -0.05) is 12.1 Å². The van der Waals surface area contributed by atoms with E-state index in [0.29, 0.717) is 27.6 Å². The highest BCUT2D eigenvalue weighted by Gasteiger charge is 2.27. The summed E-state index contributed by atoms with van der Waals surface area (Å²) in [5.41, 5.74) is 2.47. The lowest BCUT2D eigenvalue weighted by Gasteiger charge is -2.03. The van der Waals surface area contributed by atoms with Crippen LogP contribution in [0, 0.1) is 29.6 Å². The van der Waals surface area contributed by atoms with Gasteiger partial charge in [0.1, 0.15) is 10.8 Å². The van der Waals surface area contributed by atoms with Crippen LogP contribution in [0.2, 0.25) is 0 Å². The van der Waals surface area contributed by atoms with Crippen molar-refractivity contribution >= 4 is 17.1 Å². The molecule has 0 amide bonds. The number of hydrogen-bond donors (Lipinski definition) is 0. The summed E-state index contributed by atoms with van der Waals surface area (Å²) >= 11 is 1.27. The number of nitrogens with zero attached hydrogens (tertiary/aromatic N) is 3. The van der Waals surface area contributed by atoms with Crippen molar-refractivity contribution in [2.45, 2.75) is 12.8 Å². The minimum Gasteiger partial charge on any atom is -0.469 e. The number of rotatable bonds is 4. The van der Waals surface area contributed by atoms with Crippen LogP contribution in [0.15, 0.2) is 46.4 Å². The van der Waals surface area contributed by atoms with Gasteiger partial charge in [0.25, 0.3) is 0 Å². The molecule has 116 valence electrons. The summed E-state index contributed by atoms with van der Waals surface area (Å²) in [4.78, 5) is 17.0. The third-order valence-corrected chi connectivity index (χ3v) is 4.50. The number of hydrogen-bond acceptors (Lipinski definition) is 6. The van der Waals surface area contributed by atoms with Crippen LogP contribution in [0.5, 0.6) is 0 Å². The number of thiazole rings is 1. The molecule has 1 aromatic carbocycles. The van der Waals surface area contributed by atoms with Crippen molar-refractivity contribution in [3.63, 3.8) is 0 Å². The van der Waals surface area contributed by atoms with Gasteiger partial charge in [-0.05, 0) is 25.1 Å². The Kier molecular flexibility index (Phi) is 4.24. The Morgan fingerprint density at radius 1 is 1.25 bits per heavy atom. The molecule has 0 saturated carbocycles. The molecule has 0 aliphatic heterocycles. The van der Waals surface area contributed by atoms with Gasteiger partial charge in [-0.15, -0.1) is 11.3 Å². The molecule has 3 aromatic rings. The van der Waals surface area contributed by atoms with E-state index in [1.54, 1.807) is 42.6 Å². The molecular weight excluding hydrogens is 322 g/mol. The summed E-state index contributed by atoms with van der Waals surface area (Å²) in [6, 6.07) is 12.7. The summed E-state index contributed by atoms with van der Waals surface area (Å²) < 4.78 is 5.14. The van der Waals surface area contributed by atoms with E-state index in [1.807, 2.05) is 6.07 Å². The van der Waals surface area contributed by atoms with Gasteiger partial charge in [0.05, 0.1) is 35.2 Å². The van der Waals surface area contributed by atoms with E-state index in [9.17, 15) is 10.1 Å². The number of carbonyl (C=O) groups excluding carboxylic acids is 1. The quantitative estimate of drug-likeness (QED) is 0.671. The second-order valence-electron chi connectivity index (χ2n) is 5.08. The fourth-order valence-electron chi connectivity index (χ4n) is 2.29. The molecule has 1 atom stereocenters. The lowest BCUT2D eigenvalue weighted by Crippen LogP contribution is -2.11. The highest BCUT2D eigenvalue weighted by Crippen LogP contribution is 2.29. The zero-order chi connectivity index (χ0) is 17.1. The van der Waals surface area contributed by atoms with Crippen LogP contribution in [0.4, 0.5) is 0 Å². The predicted molar refractivity (Wildman–Crippen MR) is 88.4 cm³/mol. The highest BCUT2D eigenvalue weighted by molar-refractivity contribution is 7.10. The molecule has 0 spiro atoms. The molecule has 0 unspecified atom stereocenters. The first-order chi connectivity index (χ1) is 11.6. The summed E-state index contributed by atoms with van der Waals surface area (Å²) in [6.07, 6.45) is 1.43. The molecule has 0 bridgehead atoms. The monoisotopic (exact) mass is 333 g/mol. The summed E-state index contributed by atoms with van der Waals surface area (Å²) in [5, 5.41) is 20.5. The Morgan fingerprint density at radius 2 is 2.00 bits per heavy atom. The van der Waals surface area contributed by atoms with E-state index in [1.165, 1.54) is 17.6 Å². The third kappa shape index (κ3) is 2.83. The average Bonchev–Trinajstić information content (AvgIpc) is 3.25. The molecule has 0 fully saturated rings. The van der Waals surface area contributed by atoms with Crippen molar-refractivity contribution in [2.75, 3.05) is 0 Å². The summed E-state index contributed by atoms with van der Waals surface area (Å²) in [5.74, 6) is -0.785. The first kappa shape index (κ1) is 15.7. The number of benzene rings is 1. The van der Waals surface area contributed by atoms with Crippen molar-refractivity contribution < 1.29 is 9.21 Å². The number of aromatic nitrogens is 1. The van der Waals surface area contributed by atoms with Crippen LogP contribution in [0.3, 0.4) is 0 Å². The molecule has 0 aliphatic carbocycles. The molecule has 6 heteroatoms. The smallest absolute Gasteiger partial charge is 0.190 e. The second kappa shape index (κ2) is 6.49. The maximum atomic E-state index is 12.5. The molecule has 0 saturated heterocycles. The number of nitriles is 2. The van der Waals surface area contributed by atoms with Gasteiger partial charge >= 0.3 is 0 Å². The average molecular weight is 333 g/mol. The van der Waals surface area contributed by atoms with E-state index in [4.69, 9.17) is 9.68 Å². The maximum Gasteiger partial charge on any atom is 0.190 e. The molecule has 0 radical (unpaired) electrons. The SMILES string of the molecule is Cc1occc1C(=O)[C@@H](C#N)c1nc(-c2ccc(C#N)cc2)cs1. The van der Waals surface area contributed by atoms with E-state index in [2.05, 4.69) is 11.1 Å². The number of furan rings is 1. The second-order valence-corrected chi connectivity index (χ2v) is 5.97. The van der Waals surface area contributed by atoms with Crippen molar-refractivity contribution in [3.8, 4) is 23.4 Å². The first-order valence-corrected chi connectivity index (χ1v) is 7.96. The molecular formula is C18H11N3O2S. The molecule has 0 N–H and O–H groups in total. The molecule has 2 heterocycles. The lowest BCUT2D eigenvalue weighted by molar-refractivity contribution is 0.0977. The highest BCUT2D eigenvalue weighted by atomic mass is 32.1. The number of Topliss-reactive ketones (excluding diaryl/α,β-unsaturated/α-hetero) is 1. The van der Waals surface area contributed by atoms with Crippen molar-refractivity contribution in [1.29, 1.82) is 10.5 Å². The van der Waals surface area contributed by atoms with Crippen LogP contribution >= 0.6 is 11.3 Å². The van der Waals surface area contributed by atoms with Gasteiger partial charge in [0, 0.05) is 10.9 Å². The van der Waals surface area contributed by atoms with Crippen molar-refractivity contribution in [2.24, 2.45) is 0 Å². The van der Waals surface area contributed by atoms with E-state index in [-0.39, 0.29) is 5.78 Å². The topological polar surface area (TPSA) is 90.7 Å². The number of ketones is 1. The van der Waals surface area contributed by atoms with Gasteiger partial charge in [0.15, 0.2) is 11.7 Å². The predicted octanol–water partition coefficient (Wildman–Crippen LogP) is 4.07. The number of carbonyl (C=O) groups is 1. The van der Waals surface area contributed by atoms with Gasteiger partial charge in [0.2, 0.25) is 0 Å². The maximum absolute atomic E-state index is 12.5. The third-order valence-electron chi connectivity index (χ3n) is 3.59. The van der Waals surface area contributed by atoms with Crippen molar-refractivity contribution in [3.05, 3.63) is 63.9 Å². The molecule has 0 aliphatic rings. The molecule has 5 nitrogen and oxygen atoms in total. The van der Waals surface area contributed by atoms with Crippen LogP contribution in [-0.4, -0.2) is 10.8 Å². The van der Waals surface area contributed by atoms with E-state index < -0.39 is 5.92 Å². The minimum absolute atomic E-state index is 0.315. The minimum atomic E-state index is -0.960. The molecule has 2 aromatic heterocycles. The van der Waals surface area contributed by atoms with Crippen LogP contribution in [-0.2, 0) is 0 Å². The summed E-state index contributed by atoms with van der Waals surface area (Å²) in [7, 11) is 0.